The number of benzene rings is 1. The fraction of sp³-hybridized carbons (Fsp3) is 0.500. The Kier molecular flexibility index (Phi) is 4.71. The molecule has 3 heteroatoms. The van der Waals surface area contributed by atoms with Gasteiger partial charge in [0.2, 0.25) is 5.91 Å². The van der Waals surface area contributed by atoms with E-state index < -0.39 is 0 Å². The van der Waals surface area contributed by atoms with E-state index in [1.54, 1.807) is 0 Å². The van der Waals surface area contributed by atoms with Crippen LogP contribution in [0.3, 0.4) is 0 Å². The lowest BCUT2D eigenvalue weighted by molar-refractivity contribution is -0.123. The summed E-state index contributed by atoms with van der Waals surface area (Å²) in [5.41, 5.74) is 1.34. The molecule has 1 N–H and O–H groups in total. The zero-order valence-electron chi connectivity index (χ0n) is 13.3. The van der Waals surface area contributed by atoms with Crippen LogP contribution in [-0.4, -0.2) is 19.1 Å². The molecule has 3 nitrogen and oxygen atoms in total. The van der Waals surface area contributed by atoms with Crippen molar-refractivity contribution in [3.8, 4) is 5.75 Å². The van der Waals surface area contributed by atoms with E-state index in [-0.39, 0.29) is 17.2 Å². The highest BCUT2D eigenvalue weighted by atomic mass is 16.5. The summed E-state index contributed by atoms with van der Waals surface area (Å²) >= 11 is 0. The summed E-state index contributed by atoms with van der Waals surface area (Å²) < 4.78 is 5.57. The zero-order valence-corrected chi connectivity index (χ0v) is 13.3. The first-order valence-electron chi connectivity index (χ1n) is 7.53. The van der Waals surface area contributed by atoms with E-state index in [2.05, 4.69) is 39.1 Å². The van der Waals surface area contributed by atoms with Crippen molar-refractivity contribution in [1.82, 2.24) is 5.32 Å². The number of amides is 1. The summed E-state index contributed by atoms with van der Waals surface area (Å²) in [6.45, 7) is 9.51. The maximum Gasteiger partial charge on any atom is 0.224 e. The first-order chi connectivity index (χ1) is 9.93. The molecule has 2 rings (SSSR count). The number of hydrogen-bond donors (Lipinski definition) is 1. The molecule has 0 aliphatic heterocycles. The summed E-state index contributed by atoms with van der Waals surface area (Å²) in [5.74, 6) is 1.42. The third-order valence-corrected chi connectivity index (χ3v) is 4.12. The Morgan fingerprint density at radius 2 is 1.95 bits per heavy atom. The molecule has 0 radical (unpaired) electrons. The predicted octanol–water partition coefficient (Wildman–Crippen LogP) is 3.42. The number of nitrogens with one attached hydrogen (secondary N) is 1. The van der Waals surface area contributed by atoms with Gasteiger partial charge in [-0.25, -0.2) is 0 Å². The van der Waals surface area contributed by atoms with Gasteiger partial charge in [0.1, 0.15) is 12.4 Å². The molecule has 21 heavy (non-hydrogen) atoms. The Bertz CT molecular complexity index is 515. The van der Waals surface area contributed by atoms with E-state index in [0.29, 0.717) is 19.1 Å². The molecule has 0 bridgehead atoms. The van der Waals surface area contributed by atoms with Crippen molar-refractivity contribution in [2.45, 2.75) is 27.7 Å². The largest absolute Gasteiger partial charge is 0.492 e. The third kappa shape index (κ3) is 3.87. The van der Waals surface area contributed by atoms with Crippen LogP contribution in [0.4, 0.5) is 0 Å². The molecule has 1 aliphatic rings. The minimum absolute atomic E-state index is 0.0711. The Morgan fingerprint density at radius 3 is 2.57 bits per heavy atom. The molecule has 0 spiro atoms. The molecule has 0 aromatic heterocycles. The van der Waals surface area contributed by atoms with Crippen LogP contribution in [-0.2, 0) is 4.79 Å². The third-order valence-electron chi connectivity index (χ3n) is 4.12. The Labute approximate surface area is 127 Å². The molecule has 1 aromatic rings. The van der Waals surface area contributed by atoms with E-state index in [4.69, 9.17) is 4.74 Å². The molecule has 2 atom stereocenters. The van der Waals surface area contributed by atoms with Crippen molar-refractivity contribution >= 4 is 5.91 Å². The molecular weight excluding hydrogens is 262 g/mol. The van der Waals surface area contributed by atoms with Gasteiger partial charge in [-0.15, -0.1) is 0 Å². The number of carbonyl (C=O) groups excluding carboxylic acids is 1. The van der Waals surface area contributed by atoms with Gasteiger partial charge in [-0.2, -0.15) is 0 Å². The van der Waals surface area contributed by atoms with Crippen LogP contribution < -0.4 is 10.1 Å². The van der Waals surface area contributed by atoms with Gasteiger partial charge in [-0.3, -0.25) is 4.79 Å². The highest BCUT2D eigenvalue weighted by molar-refractivity contribution is 5.83. The SMILES string of the molecule is CC(C)=C[C@H]1[C@H](C(=O)NCCOc2ccccc2)C1(C)C. The first kappa shape index (κ1) is 15.6. The molecule has 1 fully saturated rings. The summed E-state index contributed by atoms with van der Waals surface area (Å²) in [4.78, 5) is 12.2. The van der Waals surface area contributed by atoms with Gasteiger partial charge in [-0.1, -0.05) is 43.7 Å². The first-order valence-corrected chi connectivity index (χ1v) is 7.53. The fourth-order valence-electron chi connectivity index (χ4n) is 2.82. The van der Waals surface area contributed by atoms with Crippen molar-refractivity contribution in [3.05, 3.63) is 42.0 Å². The fourth-order valence-corrected chi connectivity index (χ4v) is 2.82. The summed E-state index contributed by atoms with van der Waals surface area (Å²) in [6.07, 6.45) is 2.21. The number of rotatable bonds is 6. The average Bonchev–Trinajstić information content (AvgIpc) is 2.96. The van der Waals surface area contributed by atoms with Gasteiger partial charge in [0.05, 0.1) is 12.5 Å². The standard InChI is InChI=1S/C18H25NO2/c1-13(2)12-15-16(18(15,3)4)17(20)19-10-11-21-14-8-6-5-7-9-14/h5-9,12,15-16H,10-11H2,1-4H3,(H,19,20)/t15-,16+/m0/s1. The van der Waals surface area contributed by atoms with Crippen molar-refractivity contribution in [3.63, 3.8) is 0 Å². The lowest BCUT2D eigenvalue weighted by atomic mass is 10.1. The zero-order chi connectivity index (χ0) is 15.5. The number of para-hydroxylation sites is 1. The van der Waals surface area contributed by atoms with Crippen LogP contribution in [0.25, 0.3) is 0 Å². The second-order valence-corrected chi connectivity index (χ2v) is 6.52. The van der Waals surface area contributed by atoms with E-state index in [1.165, 1.54) is 5.57 Å². The van der Waals surface area contributed by atoms with Crippen LogP contribution in [0.15, 0.2) is 42.0 Å². The maximum atomic E-state index is 12.2. The molecular formula is C18H25NO2. The van der Waals surface area contributed by atoms with Gasteiger partial charge in [0, 0.05) is 0 Å². The average molecular weight is 287 g/mol. The number of ether oxygens (including phenoxy) is 1. The van der Waals surface area contributed by atoms with Gasteiger partial charge >= 0.3 is 0 Å². The minimum Gasteiger partial charge on any atom is -0.492 e. The van der Waals surface area contributed by atoms with Crippen LogP contribution in [0.1, 0.15) is 27.7 Å². The smallest absolute Gasteiger partial charge is 0.224 e. The highest BCUT2D eigenvalue weighted by Gasteiger charge is 2.60. The van der Waals surface area contributed by atoms with Crippen molar-refractivity contribution in [1.29, 1.82) is 0 Å². The molecule has 0 unspecified atom stereocenters. The molecule has 1 aromatic carbocycles. The molecule has 0 saturated heterocycles. The summed E-state index contributed by atoms with van der Waals surface area (Å²) in [6, 6.07) is 9.65. The molecule has 1 saturated carbocycles. The van der Waals surface area contributed by atoms with Crippen molar-refractivity contribution in [2.24, 2.45) is 17.3 Å². The second-order valence-electron chi connectivity index (χ2n) is 6.52. The highest BCUT2D eigenvalue weighted by Crippen LogP contribution is 2.59. The Balaban J connectivity index is 1.74. The van der Waals surface area contributed by atoms with Gasteiger partial charge in [-0.05, 0) is 37.3 Å². The molecule has 1 aliphatic carbocycles. The Morgan fingerprint density at radius 1 is 1.29 bits per heavy atom. The van der Waals surface area contributed by atoms with Gasteiger partial charge in [0.15, 0.2) is 0 Å². The number of carbonyl (C=O) groups is 1. The van der Waals surface area contributed by atoms with Gasteiger partial charge < -0.3 is 10.1 Å². The number of allylic oxidation sites excluding steroid dienone is 2. The molecule has 0 heterocycles. The van der Waals surface area contributed by atoms with E-state index >= 15 is 0 Å². The van der Waals surface area contributed by atoms with E-state index in [9.17, 15) is 4.79 Å². The lowest BCUT2D eigenvalue weighted by Gasteiger charge is -2.08. The number of hydrogen-bond acceptors (Lipinski definition) is 2. The van der Waals surface area contributed by atoms with Crippen LogP contribution >= 0.6 is 0 Å². The second kappa shape index (κ2) is 6.33. The molecule has 1 amide bonds. The van der Waals surface area contributed by atoms with Crippen LogP contribution in [0.5, 0.6) is 5.75 Å². The topological polar surface area (TPSA) is 38.3 Å². The maximum absolute atomic E-state index is 12.2. The van der Waals surface area contributed by atoms with Crippen LogP contribution in [0.2, 0.25) is 0 Å². The molecule has 114 valence electrons. The lowest BCUT2D eigenvalue weighted by Crippen LogP contribution is -2.30. The summed E-state index contributed by atoms with van der Waals surface area (Å²) in [7, 11) is 0. The van der Waals surface area contributed by atoms with Crippen LogP contribution in [0, 0.1) is 17.3 Å². The summed E-state index contributed by atoms with van der Waals surface area (Å²) in [5, 5.41) is 2.98. The van der Waals surface area contributed by atoms with Crippen molar-refractivity contribution in [2.75, 3.05) is 13.2 Å². The van der Waals surface area contributed by atoms with Gasteiger partial charge in [0.25, 0.3) is 0 Å². The minimum atomic E-state index is 0.0711. The van der Waals surface area contributed by atoms with E-state index in [1.807, 2.05) is 30.3 Å². The predicted molar refractivity (Wildman–Crippen MR) is 85.1 cm³/mol. The van der Waals surface area contributed by atoms with Crippen molar-refractivity contribution < 1.29 is 9.53 Å². The monoisotopic (exact) mass is 287 g/mol. The normalized spacial score (nSPS) is 22.3. The quantitative estimate of drug-likeness (QED) is 0.643. The Hall–Kier alpha value is -1.77. The van der Waals surface area contributed by atoms with E-state index in [0.717, 1.165) is 5.75 Å².